The average molecular weight is 408 g/mol. The summed E-state index contributed by atoms with van der Waals surface area (Å²) < 4.78 is 24.0. The predicted molar refractivity (Wildman–Crippen MR) is 112 cm³/mol. The molecule has 4 aromatic rings. The molecule has 0 fully saturated rings. The first kappa shape index (κ1) is 19.1. The van der Waals surface area contributed by atoms with Gasteiger partial charge in [-0.1, -0.05) is 36.4 Å². The number of anilines is 1. The molecule has 7 nitrogen and oxygen atoms in total. The maximum absolute atomic E-state index is 12.0. The first-order valence-electron chi connectivity index (χ1n) is 9.01. The van der Waals surface area contributed by atoms with E-state index in [2.05, 4.69) is 20.5 Å². The van der Waals surface area contributed by atoms with Crippen molar-refractivity contribution < 1.29 is 13.5 Å². The maximum atomic E-state index is 12.0. The molecule has 0 unspecified atom stereocenters. The van der Waals surface area contributed by atoms with Crippen LogP contribution in [0.3, 0.4) is 0 Å². The topological polar surface area (TPSA) is 108 Å². The molecule has 0 aliphatic heterocycles. The molecule has 2 aromatic heterocycles. The smallest absolute Gasteiger partial charge is 0.192 e. The zero-order valence-electron chi connectivity index (χ0n) is 15.7. The van der Waals surface area contributed by atoms with E-state index in [1.54, 1.807) is 24.5 Å². The summed E-state index contributed by atoms with van der Waals surface area (Å²) in [4.78, 5) is 4.30. The minimum atomic E-state index is -3.42. The van der Waals surface area contributed by atoms with Crippen LogP contribution in [0.1, 0.15) is 11.6 Å². The van der Waals surface area contributed by atoms with E-state index in [0.29, 0.717) is 10.9 Å². The van der Waals surface area contributed by atoms with E-state index in [9.17, 15) is 13.5 Å². The van der Waals surface area contributed by atoms with Crippen LogP contribution in [-0.2, 0) is 9.84 Å². The summed E-state index contributed by atoms with van der Waals surface area (Å²) in [5.41, 5.74) is 3.95. The van der Waals surface area contributed by atoms with Crippen LogP contribution in [0.15, 0.2) is 72.0 Å². The highest BCUT2D eigenvalue weighted by Gasteiger charge is 2.16. The van der Waals surface area contributed by atoms with E-state index < -0.39 is 9.84 Å². The van der Waals surface area contributed by atoms with Crippen molar-refractivity contribution in [3.63, 3.8) is 0 Å². The Morgan fingerprint density at radius 1 is 1.07 bits per heavy atom. The molecule has 2 aromatic carbocycles. The van der Waals surface area contributed by atoms with Gasteiger partial charge in [0.15, 0.2) is 14.9 Å². The Balaban J connectivity index is 1.68. The summed E-state index contributed by atoms with van der Waals surface area (Å²) in [6, 6.07) is 16.8. The second-order valence-electron chi connectivity index (χ2n) is 6.81. The fourth-order valence-electron chi connectivity index (χ4n) is 3.25. The second-order valence-corrected chi connectivity index (χ2v) is 8.76. The van der Waals surface area contributed by atoms with E-state index >= 15 is 0 Å². The SMILES string of the molecule is CS(=O)(=O)c1[nH]nc2ccc(-c3cncc(N[C@@H](CO)c4ccccc4)c3)cc12. The second kappa shape index (κ2) is 7.65. The number of fused-ring (bicyclic) bond motifs is 1. The number of aromatic amines is 1. The number of aliphatic hydroxyl groups is 1. The third-order valence-corrected chi connectivity index (χ3v) is 5.74. The number of H-pyrrole nitrogens is 1. The van der Waals surface area contributed by atoms with Crippen molar-refractivity contribution in [2.75, 3.05) is 18.2 Å². The molecule has 4 rings (SSSR count). The van der Waals surface area contributed by atoms with Gasteiger partial charge >= 0.3 is 0 Å². The lowest BCUT2D eigenvalue weighted by atomic mass is 10.0. The zero-order chi connectivity index (χ0) is 20.4. The Morgan fingerprint density at radius 2 is 1.86 bits per heavy atom. The third kappa shape index (κ3) is 3.98. The summed E-state index contributed by atoms with van der Waals surface area (Å²) in [6.45, 7) is -0.0626. The third-order valence-electron chi connectivity index (χ3n) is 4.69. The van der Waals surface area contributed by atoms with Gasteiger partial charge in [0.1, 0.15) is 0 Å². The Hall–Kier alpha value is -3.23. The molecule has 29 heavy (non-hydrogen) atoms. The standard InChI is InChI=1S/C21H20N4O3S/c1-29(27,28)21-18-10-15(7-8-19(18)24-25-21)16-9-17(12-22-11-16)23-20(13-26)14-5-3-2-4-6-14/h2-12,20,23,26H,13H2,1H3,(H,24,25)/t20-/m0/s1. The van der Waals surface area contributed by atoms with Crippen molar-refractivity contribution in [3.8, 4) is 11.1 Å². The minimum absolute atomic E-state index is 0.0626. The highest BCUT2D eigenvalue weighted by molar-refractivity contribution is 7.90. The number of aliphatic hydroxyl groups excluding tert-OH is 1. The van der Waals surface area contributed by atoms with Crippen LogP contribution in [0.25, 0.3) is 22.0 Å². The largest absolute Gasteiger partial charge is 0.394 e. The molecule has 2 heterocycles. The number of aromatic nitrogens is 3. The molecule has 0 amide bonds. The predicted octanol–water partition coefficient (Wildman–Crippen LogP) is 3.17. The Kier molecular flexibility index (Phi) is 5.04. The van der Waals surface area contributed by atoms with Gasteiger partial charge in [-0.2, -0.15) is 5.10 Å². The molecular formula is C21H20N4O3S. The summed E-state index contributed by atoms with van der Waals surface area (Å²) >= 11 is 0. The van der Waals surface area contributed by atoms with Gasteiger partial charge in [0.25, 0.3) is 0 Å². The van der Waals surface area contributed by atoms with Gasteiger partial charge < -0.3 is 10.4 Å². The van der Waals surface area contributed by atoms with E-state index in [1.807, 2.05) is 42.5 Å². The first-order chi connectivity index (χ1) is 14.0. The Bertz CT molecular complexity index is 1250. The highest BCUT2D eigenvalue weighted by Crippen LogP contribution is 2.29. The van der Waals surface area contributed by atoms with E-state index in [1.165, 1.54) is 0 Å². The lowest BCUT2D eigenvalue weighted by molar-refractivity contribution is 0.276. The molecule has 0 bridgehead atoms. The van der Waals surface area contributed by atoms with Crippen LogP contribution in [-0.4, -0.2) is 41.6 Å². The fourth-order valence-corrected chi connectivity index (χ4v) is 4.02. The number of nitrogens with one attached hydrogen (secondary N) is 2. The Labute approximate surface area is 168 Å². The fraction of sp³-hybridized carbons (Fsp3) is 0.143. The molecule has 148 valence electrons. The number of sulfone groups is 1. The number of hydrogen-bond acceptors (Lipinski definition) is 6. The summed E-state index contributed by atoms with van der Waals surface area (Å²) in [7, 11) is -3.42. The van der Waals surface area contributed by atoms with Crippen molar-refractivity contribution in [2.45, 2.75) is 11.1 Å². The van der Waals surface area contributed by atoms with Gasteiger partial charge in [-0.15, -0.1) is 0 Å². The van der Waals surface area contributed by atoms with Crippen molar-refractivity contribution in [1.82, 2.24) is 15.2 Å². The van der Waals surface area contributed by atoms with Crippen molar-refractivity contribution >= 4 is 26.4 Å². The van der Waals surface area contributed by atoms with E-state index in [-0.39, 0.29) is 17.7 Å². The molecule has 0 spiro atoms. The lowest BCUT2D eigenvalue weighted by Gasteiger charge is -2.18. The lowest BCUT2D eigenvalue weighted by Crippen LogP contribution is -2.14. The number of rotatable bonds is 6. The molecule has 0 saturated carbocycles. The van der Waals surface area contributed by atoms with Gasteiger partial charge in [-0.05, 0) is 29.3 Å². The van der Waals surface area contributed by atoms with Crippen LogP contribution >= 0.6 is 0 Å². The monoisotopic (exact) mass is 408 g/mol. The van der Waals surface area contributed by atoms with Gasteiger partial charge in [-0.3, -0.25) is 10.1 Å². The highest BCUT2D eigenvalue weighted by atomic mass is 32.2. The van der Waals surface area contributed by atoms with Crippen LogP contribution in [0, 0.1) is 0 Å². The molecule has 0 aliphatic rings. The molecule has 0 aliphatic carbocycles. The molecule has 3 N–H and O–H groups in total. The molecule has 1 atom stereocenters. The number of benzene rings is 2. The number of nitrogens with zero attached hydrogens (tertiary/aromatic N) is 2. The maximum Gasteiger partial charge on any atom is 0.192 e. The normalized spacial score (nSPS) is 12.8. The quantitative estimate of drug-likeness (QED) is 0.452. The van der Waals surface area contributed by atoms with E-state index in [0.717, 1.165) is 28.6 Å². The summed E-state index contributed by atoms with van der Waals surface area (Å²) in [5.74, 6) is 0. The molecule has 8 heteroatoms. The average Bonchev–Trinajstić information content (AvgIpc) is 3.16. The van der Waals surface area contributed by atoms with Crippen molar-refractivity contribution in [3.05, 3.63) is 72.6 Å². The summed E-state index contributed by atoms with van der Waals surface area (Å²) in [6.07, 6.45) is 4.55. The van der Waals surface area contributed by atoms with Gasteiger partial charge in [0.2, 0.25) is 0 Å². The zero-order valence-corrected chi connectivity index (χ0v) is 16.5. The first-order valence-corrected chi connectivity index (χ1v) is 10.9. The van der Waals surface area contributed by atoms with E-state index in [4.69, 9.17) is 0 Å². The molecule has 0 radical (unpaired) electrons. The number of hydrogen-bond donors (Lipinski definition) is 3. The van der Waals surface area contributed by atoms with Crippen molar-refractivity contribution in [1.29, 1.82) is 0 Å². The van der Waals surface area contributed by atoms with Gasteiger partial charge in [0.05, 0.1) is 23.9 Å². The van der Waals surface area contributed by atoms with Gasteiger partial charge in [0, 0.05) is 29.6 Å². The van der Waals surface area contributed by atoms with Crippen LogP contribution in [0.5, 0.6) is 0 Å². The van der Waals surface area contributed by atoms with Crippen LogP contribution in [0.4, 0.5) is 5.69 Å². The Morgan fingerprint density at radius 3 is 2.59 bits per heavy atom. The number of pyridine rings is 1. The molecular weight excluding hydrogens is 388 g/mol. The minimum Gasteiger partial charge on any atom is -0.394 e. The van der Waals surface area contributed by atoms with Crippen molar-refractivity contribution in [2.24, 2.45) is 0 Å². The van der Waals surface area contributed by atoms with Gasteiger partial charge in [-0.25, -0.2) is 8.42 Å². The molecule has 0 saturated heterocycles. The van der Waals surface area contributed by atoms with Crippen LogP contribution < -0.4 is 5.32 Å². The van der Waals surface area contributed by atoms with Crippen LogP contribution in [0.2, 0.25) is 0 Å². The summed E-state index contributed by atoms with van der Waals surface area (Å²) in [5, 5.41) is 20.4.